The molecule has 1 nitrogen and oxygen atoms in total. The Kier molecular flexibility index (Phi) is 5.47. The Bertz CT molecular complexity index is 676. The lowest BCUT2D eigenvalue weighted by Crippen LogP contribution is -2.09. The SMILES string of the molecule is O=C(CSc1cccc(F)c1)Cc1c(F)ccc(Br)c1F. The van der Waals surface area contributed by atoms with Gasteiger partial charge >= 0.3 is 0 Å². The Morgan fingerprint density at radius 1 is 1.14 bits per heavy atom. The fraction of sp³-hybridized carbons (Fsp3) is 0.133. The number of benzene rings is 2. The maximum absolute atomic E-state index is 13.7. The molecule has 0 aliphatic carbocycles. The van der Waals surface area contributed by atoms with Gasteiger partial charge in [0.25, 0.3) is 0 Å². The Labute approximate surface area is 132 Å². The van der Waals surface area contributed by atoms with Crippen molar-refractivity contribution in [2.24, 2.45) is 0 Å². The number of thioether (sulfide) groups is 1. The Morgan fingerprint density at radius 2 is 1.90 bits per heavy atom. The Balaban J connectivity index is 2.01. The molecule has 0 radical (unpaired) electrons. The number of ketones is 1. The van der Waals surface area contributed by atoms with Crippen LogP contribution in [0.5, 0.6) is 0 Å². The van der Waals surface area contributed by atoms with Gasteiger partial charge in [-0.3, -0.25) is 4.79 Å². The highest BCUT2D eigenvalue weighted by Crippen LogP contribution is 2.24. The molecule has 0 amide bonds. The van der Waals surface area contributed by atoms with Gasteiger partial charge in [0.1, 0.15) is 23.2 Å². The van der Waals surface area contributed by atoms with Crippen molar-refractivity contribution < 1.29 is 18.0 Å². The van der Waals surface area contributed by atoms with E-state index in [1.54, 1.807) is 6.07 Å². The monoisotopic (exact) mass is 374 g/mol. The van der Waals surface area contributed by atoms with Crippen molar-refractivity contribution in [1.29, 1.82) is 0 Å². The maximum atomic E-state index is 13.7. The van der Waals surface area contributed by atoms with E-state index < -0.39 is 17.5 Å². The highest BCUT2D eigenvalue weighted by molar-refractivity contribution is 9.10. The second-order valence-corrected chi connectivity index (χ2v) is 6.19. The summed E-state index contributed by atoms with van der Waals surface area (Å²) in [6.45, 7) is 0. The van der Waals surface area contributed by atoms with Gasteiger partial charge < -0.3 is 0 Å². The van der Waals surface area contributed by atoms with E-state index in [2.05, 4.69) is 15.9 Å². The van der Waals surface area contributed by atoms with Crippen LogP contribution in [-0.2, 0) is 11.2 Å². The van der Waals surface area contributed by atoms with Gasteiger partial charge in [-0.2, -0.15) is 0 Å². The number of halogens is 4. The zero-order chi connectivity index (χ0) is 15.4. The van der Waals surface area contributed by atoms with Gasteiger partial charge in [-0.05, 0) is 46.3 Å². The van der Waals surface area contributed by atoms with Crippen LogP contribution in [0.15, 0.2) is 45.8 Å². The molecule has 0 aliphatic rings. The maximum Gasteiger partial charge on any atom is 0.147 e. The summed E-state index contributed by atoms with van der Waals surface area (Å²) in [6, 6.07) is 8.17. The third-order valence-corrected chi connectivity index (χ3v) is 4.37. The first-order chi connectivity index (χ1) is 9.97. The molecule has 0 aliphatic heterocycles. The Hall–Kier alpha value is -1.27. The van der Waals surface area contributed by atoms with Gasteiger partial charge in [0, 0.05) is 16.9 Å². The summed E-state index contributed by atoms with van der Waals surface area (Å²) in [5, 5.41) is 0. The van der Waals surface area contributed by atoms with E-state index in [4.69, 9.17) is 0 Å². The van der Waals surface area contributed by atoms with Crippen molar-refractivity contribution in [3.63, 3.8) is 0 Å². The van der Waals surface area contributed by atoms with Gasteiger partial charge in [-0.1, -0.05) is 6.07 Å². The summed E-state index contributed by atoms with van der Waals surface area (Å²) in [4.78, 5) is 12.4. The Morgan fingerprint density at radius 3 is 2.62 bits per heavy atom. The summed E-state index contributed by atoms with van der Waals surface area (Å²) in [7, 11) is 0. The van der Waals surface area contributed by atoms with Gasteiger partial charge in [0.15, 0.2) is 0 Å². The lowest BCUT2D eigenvalue weighted by Gasteiger charge is -2.06. The minimum atomic E-state index is -0.765. The first-order valence-electron chi connectivity index (χ1n) is 6.00. The van der Waals surface area contributed by atoms with E-state index in [1.165, 1.54) is 24.3 Å². The minimum Gasteiger partial charge on any atom is -0.298 e. The molecule has 0 N–H and O–H groups in total. The summed E-state index contributed by atoms with van der Waals surface area (Å²) in [5.41, 5.74) is -0.255. The molecule has 21 heavy (non-hydrogen) atoms. The molecule has 2 rings (SSSR count). The number of hydrogen-bond acceptors (Lipinski definition) is 2. The number of carbonyl (C=O) groups excluding carboxylic acids is 1. The van der Waals surface area contributed by atoms with E-state index in [-0.39, 0.29) is 28.0 Å². The molecule has 0 saturated carbocycles. The minimum absolute atomic E-state index is 0.0227. The lowest BCUT2D eigenvalue weighted by molar-refractivity contribution is -0.116. The van der Waals surface area contributed by atoms with Crippen molar-refractivity contribution in [1.82, 2.24) is 0 Å². The molecule has 2 aromatic carbocycles. The molecular weight excluding hydrogens is 365 g/mol. The second-order valence-electron chi connectivity index (χ2n) is 4.28. The molecule has 0 saturated heterocycles. The van der Waals surface area contributed by atoms with Gasteiger partial charge in [-0.15, -0.1) is 11.8 Å². The topological polar surface area (TPSA) is 17.1 Å². The quantitative estimate of drug-likeness (QED) is 0.553. The summed E-state index contributed by atoms with van der Waals surface area (Å²) in [6.07, 6.45) is -0.334. The molecule has 0 aromatic heterocycles. The second kappa shape index (κ2) is 7.13. The van der Waals surface area contributed by atoms with E-state index in [0.29, 0.717) is 4.90 Å². The smallest absolute Gasteiger partial charge is 0.147 e. The number of carbonyl (C=O) groups is 1. The molecule has 2 aromatic rings. The average Bonchev–Trinajstić information content (AvgIpc) is 2.46. The van der Waals surface area contributed by atoms with Gasteiger partial charge in [-0.25, -0.2) is 13.2 Å². The largest absolute Gasteiger partial charge is 0.298 e. The van der Waals surface area contributed by atoms with Crippen molar-refractivity contribution >= 4 is 33.5 Å². The van der Waals surface area contributed by atoms with Crippen LogP contribution in [0.25, 0.3) is 0 Å². The van der Waals surface area contributed by atoms with Crippen molar-refractivity contribution in [2.45, 2.75) is 11.3 Å². The molecule has 0 spiro atoms. The van der Waals surface area contributed by atoms with Crippen LogP contribution in [0, 0.1) is 17.5 Å². The number of rotatable bonds is 5. The van der Waals surface area contributed by atoms with Crippen LogP contribution in [0.2, 0.25) is 0 Å². The van der Waals surface area contributed by atoms with E-state index in [9.17, 15) is 18.0 Å². The molecular formula is C15H10BrF3OS. The van der Waals surface area contributed by atoms with E-state index in [1.807, 2.05) is 0 Å². The summed E-state index contributed by atoms with van der Waals surface area (Å²) in [5.74, 6) is -2.22. The van der Waals surface area contributed by atoms with Crippen LogP contribution in [0.1, 0.15) is 5.56 Å². The molecule has 110 valence electrons. The van der Waals surface area contributed by atoms with Gasteiger partial charge in [0.05, 0.1) is 10.2 Å². The first-order valence-corrected chi connectivity index (χ1v) is 7.77. The van der Waals surface area contributed by atoms with Crippen molar-refractivity contribution in [3.05, 3.63) is 63.9 Å². The zero-order valence-electron chi connectivity index (χ0n) is 10.7. The van der Waals surface area contributed by atoms with Crippen LogP contribution >= 0.6 is 27.7 Å². The normalized spacial score (nSPS) is 10.7. The lowest BCUT2D eigenvalue weighted by atomic mass is 10.1. The first kappa shape index (κ1) is 16.1. The standard InChI is InChI=1S/C15H10BrF3OS/c16-13-4-5-14(18)12(15(13)19)7-10(20)8-21-11-3-1-2-9(17)6-11/h1-6H,7-8H2. The third-order valence-electron chi connectivity index (χ3n) is 2.71. The summed E-state index contributed by atoms with van der Waals surface area (Å²) < 4.78 is 40.4. The van der Waals surface area contributed by atoms with Gasteiger partial charge in [0.2, 0.25) is 0 Å². The zero-order valence-corrected chi connectivity index (χ0v) is 13.1. The highest BCUT2D eigenvalue weighted by Gasteiger charge is 2.16. The van der Waals surface area contributed by atoms with Crippen LogP contribution in [-0.4, -0.2) is 11.5 Å². The highest BCUT2D eigenvalue weighted by atomic mass is 79.9. The fourth-order valence-electron chi connectivity index (χ4n) is 1.70. The predicted octanol–water partition coefficient (Wildman–Crippen LogP) is 4.77. The van der Waals surface area contributed by atoms with Crippen LogP contribution in [0.3, 0.4) is 0 Å². The predicted molar refractivity (Wildman–Crippen MR) is 79.9 cm³/mol. The summed E-state index contributed by atoms with van der Waals surface area (Å²) >= 11 is 4.09. The molecule has 0 bridgehead atoms. The molecule has 0 unspecified atom stereocenters. The molecule has 0 heterocycles. The number of hydrogen-bond donors (Lipinski definition) is 0. The van der Waals surface area contributed by atoms with Crippen LogP contribution < -0.4 is 0 Å². The molecule has 0 atom stereocenters. The van der Waals surface area contributed by atoms with Crippen molar-refractivity contribution in [3.8, 4) is 0 Å². The van der Waals surface area contributed by atoms with E-state index >= 15 is 0 Å². The molecule has 6 heteroatoms. The molecule has 0 fully saturated rings. The number of Topliss-reactive ketones (excluding diaryl/α,β-unsaturated/α-hetero) is 1. The fourth-order valence-corrected chi connectivity index (χ4v) is 2.87. The van der Waals surface area contributed by atoms with Crippen LogP contribution in [0.4, 0.5) is 13.2 Å². The van der Waals surface area contributed by atoms with Crippen molar-refractivity contribution in [2.75, 3.05) is 5.75 Å². The third kappa shape index (κ3) is 4.35. The van der Waals surface area contributed by atoms with E-state index in [0.717, 1.165) is 17.8 Å². The average molecular weight is 375 g/mol.